The molecule has 258 valence electrons. The van der Waals surface area contributed by atoms with Gasteiger partial charge in [0.15, 0.2) is 17.5 Å². The molecule has 0 spiro atoms. The Hall–Kier alpha value is -7.43. The lowest BCUT2D eigenvalue weighted by Gasteiger charge is -2.16. The van der Waals surface area contributed by atoms with Gasteiger partial charge in [0.05, 0.1) is 40.0 Å². The van der Waals surface area contributed by atoms with Crippen molar-refractivity contribution in [2.45, 2.75) is 0 Å². The van der Waals surface area contributed by atoms with Crippen molar-refractivity contribution in [3.05, 3.63) is 206 Å². The lowest BCUT2D eigenvalue weighted by molar-refractivity contribution is 1.07. The molecule has 0 aliphatic heterocycles. The first-order chi connectivity index (χ1) is 34.3. The van der Waals surface area contributed by atoms with Gasteiger partial charge in [0, 0.05) is 33.0 Å². The van der Waals surface area contributed by atoms with Crippen LogP contribution in [0.25, 0.3) is 95.0 Å². The van der Waals surface area contributed by atoms with Crippen LogP contribution in [0, 0.1) is 0 Å². The van der Waals surface area contributed by atoms with Crippen molar-refractivity contribution in [1.29, 1.82) is 0 Å². The van der Waals surface area contributed by atoms with E-state index in [1.54, 1.807) is 0 Å². The smallest absolute Gasteiger partial charge is 0.164 e. The highest BCUT2D eigenvalue weighted by Crippen LogP contribution is 2.41. The Balaban J connectivity index is 1.36. The van der Waals surface area contributed by atoms with Crippen molar-refractivity contribution in [3.63, 3.8) is 0 Å². The number of benzene rings is 8. The second-order valence-electron chi connectivity index (χ2n) is 12.4. The highest BCUT2D eigenvalue weighted by molar-refractivity contribution is 6.16. The first-order valence-corrected chi connectivity index (χ1v) is 17.1. The van der Waals surface area contributed by atoms with Gasteiger partial charge in [0.2, 0.25) is 0 Å². The summed E-state index contributed by atoms with van der Waals surface area (Å²) in [6.45, 7) is 0. The molecule has 8 aromatic carbocycles. The third-order valence-electron chi connectivity index (χ3n) is 9.13. The van der Waals surface area contributed by atoms with Crippen LogP contribution in [0.1, 0.15) is 23.3 Å². The maximum atomic E-state index is 9.47. The fourth-order valence-electron chi connectivity index (χ4n) is 6.65. The van der Waals surface area contributed by atoms with Gasteiger partial charge in [-0.1, -0.05) is 169 Å². The van der Waals surface area contributed by atoms with Gasteiger partial charge >= 0.3 is 0 Å². The molecular formula is C51H34N4. The van der Waals surface area contributed by atoms with Crippen molar-refractivity contribution in [3.8, 4) is 73.2 Å². The average molecular weight is 720 g/mol. The quantitative estimate of drug-likeness (QED) is 0.165. The van der Waals surface area contributed by atoms with Crippen LogP contribution >= 0.6 is 0 Å². The molecule has 0 aliphatic rings. The molecule has 0 amide bonds. The summed E-state index contributed by atoms with van der Waals surface area (Å²) in [5.74, 6) is 0.600. The van der Waals surface area contributed by atoms with Gasteiger partial charge in [-0.3, -0.25) is 0 Å². The molecule has 0 fully saturated rings. The Labute approximate surface area is 343 Å². The van der Waals surface area contributed by atoms with Crippen LogP contribution in [0.3, 0.4) is 0 Å². The highest BCUT2D eigenvalue weighted by atomic mass is 15.0. The number of hydrogen-bond donors (Lipinski definition) is 0. The van der Waals surface area contributed by atoms with Crippen molar-refractivity contribution in [2.75, 3.05) is 0 Å². The third kappa shape index (κ3) is 5.96. The molecule has 0 radical (unpaired) electrons. The van der Waals surface area contributed by atoms with Crippen LogP contribution in [0.15, 0.2) is 206 Å². The van der Waals surface area contributed by atoms with Crippen molar-refractivity contribution in [1.82, 2.24) is 19.5 Å². The summed E-state index contributed by atoms with van der Waals surface area (Å²) in [6, 6.07) is 18.3. The van der Waals surface area contributed by atoms with E-state index in [9.17, 15) is 8.22 Å². The van der Waals surface area contributed by atoms with Crippen LogP contribution in [0.4, 0.5) is 0 Å². The number of nitrogens with zero attached hydrogens (tertiary/aromatic N) is 4. The predicted octanol–water partition coefficient (Wildman–Crippen LogP) is 13.0. The molecule has 0 N–H and O–H groups in total. The molecule has 2 aromatic heterocycles. The second-order valence-corrected chi connectivity index (χ2v) is 12.4. The largest absolute Gasteiger partial charge is 0.309 e. The first-order valence-electron chi connectivity index (χ1n) is 25.6. The average Bonchev–Trinajstić information content (AvgIpc) is 3.76. The maximum absolute atomic E-state index is 9.47. The van der Waals surface area contributed by atoms with Gasteiger partial charge < -0.3 is 4.57 Å². The SMILES string of the molecule is [2H]c1c([2H])c([2H])c(-c2cc(-c3nc(-c4ccccc4)nc(-c4cccc(-c5ccccc5)c4)n3)ccc2-n2c3c([2H])c([2H])c([2H])c([2H])c3c3c(-c4c([2H])c([2H])c([2H])c([2H])c4[2H])c([2H])c([2H])c([2H])c32)c([2H])c1[2H]. The van der Waals surface area contributed by atoms with Crippen LogP contribution in [-0.2, 0) is 0 Å². The summed E-state index contributed by atoms with van der Waals surface area (Å²) in [5.41, 5.74) is 0.882. The van der Waals surface area contributed by atoms with Gasteiger partial charge in [0.1, 0.15) is 0 Å². The van der Waals surface area contributed by atoms with Crippen LogP contribution in [0.2, 0.25) is 0 Å². The molecular weight excluding hydrogens is 669 g/mol. The van der Waals surface area contributed by atoms with Crippen molar-refractivity contribution >= 4 is 21.8 Å². The molecule has 0 atom stereocenters. The Morgan fingerprint density at radius 3 is 1.62 bits per heavy atom. The summed E-state index contributed by atoms with van der Waals surface area (Å²) in [7, 11) is 0. The fourth-order valence-corrected chi connectivity index (χ4v) is 6.65. The summed E-state index contributed by atoms with van der Waals surface area (Å²) < 4.78 is 153. The summed E-state index contributed by atoms with van der Waals surface area (Å²) in [4.78, 5) is 14.7. The Bertz CT molecular complexity index is 3900. The number of fused-ring (bicyclic) bond motifs is 3. The standard InChI is InChI=1S/C51H34N4/c1-5-17-35(18-6-1)39-25-15-26-40(33-39)50-52-49(38-23-11-4-12-24-38)53-51(54-50)41-31-32-46(44(34-41)37-21-9-3-10-22-37)55-45-29-14-13-27-43(45)48-42(28-16-30-47(48)55)36-19-7-2-8-20-36/h1-34H/i2D,3D,7D,8D,9D,10D,13D,14D,16D,19D,20D,21D,22D,27D,28D,29D,30D. The number of hydrogen-bond acceptors (Lipinski definition) is 3. The van der Waals surface area contributed by atoms with Gasteiger partial charge in [-0.25, -0.2) is 15.0 Å². The minimum Gasteiger partial charge on any atom is -0.309 e. The van der Waals surface area contributed by atoms with Gasteiger partial charge in [-0.2, -0.15) is 0 Å². The molecule has 0 aliphatic carbocycles. The Morgan fingerprint density at radius 1 is 0.364 bits per heavy atom. The van der Waals surface area contributed by atoms with E-state index in [0.717, 1.165) is 11.1 Å². The van der Waals surface area contributed by atoms with E-state index in [-0.39, 0.29) is 61.7 Å². The van der Waals surface area contributed by atoms with Crippen molar-refractivity contribution < 1.29 is 23.3 Å². The molecule has 4 nitrogen and oxygen atoms in total. The zero-order valence-corrected chi connectivity index (χ0v) is 28.6. The summed E-state index contributed by atoms with van der Waals surface area (Å²) in [5, 5.41) is -0.673. The molecule has 55 heavy (non-hydrogen) atoms. The summed E-state index contributed by atoms with van der Waals surface area (Å²) >= 11 is 0. The lowest BCUT2D eigenvalue weighted by atomic mass is 9.99. The predicted molar refractivity (Wildman–Crippen MR) is 227 cm³/mol. The van der Waals surface area contributed by atoms with Crippen molar-refractivity contribution in [2.24, 2.45) is 0 Å². The van der Waals surface area contributed by atoms with E-state index in [2.05, 4.69) is 0 Å². The van der Waals surface area contributed by atoms with Crippen LogP contribution in [0.5, 0.6) is 0 Å². The summed E-state index contributed by atoms with van der Waals surface area (Å²) in [6.07, 6.45) is 0. The van der Waals surface area contributed by atoms with E-state index < -0.39 is 114 Å². The zero-order valence-electron chi connectivity index (χ0n) is 45.6. The van der Waals surface area contributed by atoms with Crippen LogP contribution in [-0.4, -0.2) is 19.5 Å². The third-order valence-corrected chi connectivity index (χ3v) is 9.13. The Kier molecular flexibility index (Phi) is 4.80. The maximum Gasteiger partial charge on any atom is 0.164 e. The molecule has 10 rings (SSSR count). The second kappa shape index (κ2) is 13.8. The number of rotatable bonds is 7. The van der Waals surface area contributed by atoms with E-state index >= 15 is 0 Å². The molecule has 4 heteroatoms. The first kappa shape index (κ1) is 19.1. The van der Waals surface area contributed by atoms with E-state index in [1.165, 1.54) is 22.8 Å². The molecule has 0 unspecified atom stereocenters. The molecule has 2 heterocycles. The van der Waals surface area contributed by atoms with E-state index in [1.807, 2.05) is 84.9 Å². The highest BCUT2D eigenvalue weighted by Gasteiger charge is 2.20. The zero-order chi connectivity index (χ0) is 51.3. The number of para-hydroxylation sites is 1. The minimum atomic E-state index is -0.799. The van der Waals surface area contributed by atoms with Gasteiger partial charge in [-0.15, -0.1) is 0 Å². The molecule has 10 aromatic rings. The van der Waals surface area contributed by atoms with E-state index in [0.29, 0.717) is 11.1 Å². The fraction of sp³-hybridized carbons (Fsp3) is 0. The molecule has 0 bridgehead atoms. The monoisotopic (exact) mass is 719 g/mol. The van der Waals surface area contributed by atoms with E-state index in [4.69, 9.17) is 30.0 Å². The van der Waals surface area contributed by atoms with Gasteiger partial charge in [-0.05, 0) is 64.2 Å². The topological polar surface area (TPSA) is 43.6 Å². The molecule has 0 saturated heterocycles. The normalized spacial score (nSPS) is 15.6. The lowest BCUT2D eigenvalue weighted by Crippen LogP contribution is -2.02. The molecule has 0 saturated carbocycles. The van der Waals surface area contributed by atoms with Crippen LogP contribution < -0.4 is 0 Å². The Morgan fingerprint density at radius 2 is 0.909 bits per heavy atom. The van der Waals surface area contributed by atoms with Gasteiger partial charge in [0.25, 0.3) is 0 Å². The number of aromatic nitrogens is 4. The minimum absolute atomic E-state index is 0.0743.